The van der Waals surface area contributed by atoms with E-state index in [4.69, 9.17) is 16.3 Å². The number of nitrogens with zero attached hydrogens (tertiary/aromatic N) is 2. The summed E-state index contributed by atoms with van der Waals surface area (Å²) >= 11 is 5.96. The molecule has 1 heterocycles. The van der Waals surface area contributed by atoms with Crippen LogP contribution in [-0.2, 0) is 11.2 Å². The number of carbonyl (C=O) groups is 1. The van der Waals surface area contributed by atoms with Gasteiger partial charge in [-0.3, -0.25) is 4.79 Å². The van der Waals surface area contributed by atoms with Crippen LogP contribution in [-0.4, -0.2) is 42.7 Å². The van der Waals surface area contributed by atoms with E-state index in [1.807, 2.05) is 24.3 Å². The van der Waals surface area contributed by atoms with E-state index in [0.717, 1.165) is 18.5 Å². The summed E-state index contributed by atoms with van der Waals surface area (Å²) in [5.74, 6) is 0.979. The summed E-state index contributed by atoms with van der Waals surface area (Å²) in [6.07, 6.45) is 1.57. The fourth-order valence-electron chi connectivity index (χ4n) is 2.31. The molecule has 0 aliphatic heterocycles. The summed E-state index contributed by atoms with van der Waals surface area (Å²) in [5.41, 5.74) is 1.43. The van der Waals surface area contributed by atoms with Crippen molar-refractivity contribution in [2.45, 2.75) is 19.8 Å². The highest BCUT2D eigenvalue weighted by Gasteiger charge is 2.10. The summed E-state index contributed by atoms with van der Waals surface area (Å²) in [6, 6.07) is 9.26. The van der Waals surface area contributed by atoms with E-state index in [1.165, 1.54) is 0 Å². The smallest absolute Gasteiger partial charge is 0.270 e. The van der Waals surface area contributed by atoms with Crippen LogP contribution in [0.4, 0.5) is 5.82 Å². The van der Waals surface area contributed by atoms with E-state index >= 15 is 0 Å². The Bertz CT molecular complexity index is 709. The molecule has 25 heavy (non-hydrogen) atoms. The van der Waals surface area contributed by atoms with Gasteiger partial charge in [0.25, 0.3) is 5.91 Å². The molecule has 0 radical (unpaired) electrons. The Balaban J connectivity index is 1.88. The molecule has 7 heteroatoms. The molecule has 0 saturated heterocycles. The van der Waals surface area contributed by atoms with Gasteiger partial charge in [-0.2, -0.15) is 0 Å². The topological polar surface area (TPSA) is 76.1 Å². The first-order valence-electron chi connectivity index (χ1n) is 8.19. The highest BCUT2D eigenvalue weighted by atomic mass is 35.5. The fraction of sp³-hybridized carbons (Fsp3) is 0.389. The summed E-state index contributed by atoms with van der Waals surface area (Å²) in [7, 11) is 1.67. The first-order chi connectivity index (χ1) is 12.1. The van der Waals surface area contributed by atoms with Gasteiger partial charge in [-0.25, -0.2) is 9.97 Å². The van der Waals surface area contributed by atoms with Crippen molar-refractivity contribution >= 4 is 23.3 Å². The van der Waals surface area contributed by atoms with Gasteiger partial charge >= 0.3 is 0 Å². The number of ether oxygens (including phenoxy) is 1. The number of amides is 1. The van der Waals surface area contributed by atoms with Gasteiger partial charge < -0.3 is 15.4 Å². The molecule has 134 valence electrons. The average molecular weight is 363 g/mol. The molecule has 1 aromatic carbocycles. The standard InChI is InChI=1S/C18H23ClN4O2/c1-13-22-16(12-17(23-13)20-8-4-10-25-2)18(24)21-9-7-14-5-3-6-15(19)11-14/h3,5-6,11-12H,4,7-10H2,1-2H3,(H,21,24)(H,20,22,23). The van der Waals surface area contributed by atoms with Crippen LogP contribution in [0.5, 0.6) is 0 Å². The summed E-state index contributed by atoms with van der Waals surface area (Å²) in [6.45, 7) is 3.68. The van der Waals surface area contributed by atoms with Gasteiger partial charge in [0.05, 0.1) is 0 Å². The Kier molecular flexibility index (Phi) is 7.63. The van der Waals surface area contributed by atoms with Crippen molar-refractivity contribution in [2.24, 2.45) is 0 Å². The van der Waals surface area contributed by atoms with Crippen LogP contribution in [0.2, 0.25) is 5.02 Å². The second-order valence-corrected chi connectivity index (χ2v) is 6.03. The van der Waals surface area contributed by atoms with Gasteiger partial charge in [-0.15, -0.1) is 0 Å². The minimum Gasteiger partial charge on any atom is -0.385 e. The second-order valence-electron chi connectivity index (χ2n) is 5.59. The largest absolute Gasteiger partial charge is 0.385 e. The lowest BCUT2D eigenvalue weighted by molar-refractivity contribution is 0.0949. The third-order valence-electron chi connectivity index (χ3n) is 3.49. The third kappa shape index (κ3) is 6.68. The summed E-state index contributed by atoms with van der Waals surface area (Å²) < 4.78 is 5.01. The van der Waals surface area contributed by atoms with Crippen LogP contribution < -0.4 is 10.6 Å². The Morgan fingerprint density at radius 1 is 1.24 bits per heavy atom. The predicted octanol–water partition coefficient (Wildman–Crippen LogP) is 2.86. The number of nitrogens with one attached hydrogen (secondary N) is 2. The normalized spacial score (nSPS) is 10.5. The van der Waals surface area contributed by atoms with Gasteiger partial charge in [0.1, 0.15) is 17.3 Å². The van der Waals surface area contributed by atoms with Crippen LogP contribution >= 0.6 is 11.6 Å². The zero-order valence-electron chi connectivity index (χ0n) is 14.5. The molecule has 2 N–H and O–H groups in total. The first-order valence-corrected chi connectivity index (χ1v) is 8.57. The Morgan fingerprint density at radius 2 is 2.08 bits per heavy atom. The monoisotopic (exact) mass is 362 g/mol. The number of benzene rings is 1. The van der Waals surface area contributed by atoms with Crippen molar-refractivity contribution in [3.63, 3.8) is 0 Å². The number of carbonyl (C=O) groups excluding carboxylic acids is 1. The molecular formula is C18H23ClN4O2. The van der Waals surface area contributed by atoms with Crippen LogP contribution in [0.3, 0.4) is 0 Å². The minimum atomic E-state index is -0.215. The molecule has 0 aliphatic rings. The van der Waals surface area contributed by atoms with Crippen molar-refractivity contribution in [3.05, 3.63) is 52.4 Å². The van der Waals surface area contributed by atoms with E-state index in [0.29, 0.717) is 41.9 Å². The molecule has 2 rings (SSSR count). The predicted molar refractivity (Wildman–Crippen MR) is 99.2 cm³/mol. The molecule has 1 aromatic heterocycles. The SMILES string of the molecule is COCCCNc1cc(C(=O)NCCc2cccc(Cl)c2)nc(C)n1. The molecule has 1 amide bonds. The van der Waals surface area contributed by atoms with Gasteiger partial charge in [0, 0.05) is 37.9 Å². The molecule has 0 aliphatic carbocycles. The molecule has 6 nitrogen and oxygen atoms in total. The maximum absolute atomic E-state index is 12.3. The van der Waals surface area contributed by atoms with Crippen LogP contribution in [0.15, 0.2) is 30.3 Å². The number of rotatable bonds is 9. The first kappa shape index (κ1) is 19.1. The van der Waals surface area contributed by atoms with Crippen molar-refractivity contribution in [1.82, 2.24) is 15.3 Å². The zero-order chi connectivity index (χ0) is 18.1. The van der Waals surface area contributed by atoms with E-state index in [9.17, 15) is 4.79 Å². The number of anilines is 1. The molecule has 0 spiro atoms. The number of aromatic nitrogens is 2. The van der Waals surface area contributed by atoms with Crippen molar-refractivity contribution < 1.29 is 9.53 Å². The summed E-state index contributed by atoms with van der Waals surface area (Å²) in [4.78, 5) is 20.8. The van der Waals surface area contributed by atoms with E-state index < -0.39 is 0 Å². The van der Waals surface area contributed by atoms with E-state index in [2.05, 4.69) is 20.6 Å². The van der Waals surface area contributed by atoms with Crippen molar-refractivity contribution in [2.75, 3.05) is 32.1 Å². The highest BCUT2D eigenvalue weighted by molar-refractivity contribution is 6.30. The molecule has 0 saturated carbocycles. The number of methoxy groups -OCH3 is 1. The number of aryl methyl sites for hydroxylation is 1. The highest BCUT2D eigenvalue weighted by Crippen LogP contribution is 2.11. The molecule has 0 bridgehead atoms. The molecule has 2 aromatic rings. The van der Waals surface area contributed by atoms with E-state index in [1.54, 1.807) is 20.1 Å². The maximum atomic E-state index is 12.3. The third-order valence-corrected chi connectivity index (χ3v) is 3.73. The Labute approximate surface area is 153 Å². The maximum Gasteiger partial charge on any atom is 0.270 e. The summed E-state index contributed by atoms with van der Waals surface area (Å²) in [5, 5.41) is 6.75. The van der Waals surface area contributed by atoms with Gasteiger partial charge in [0.15, 0.2) is 0 Å². The van der Waals surface area contributed by atoms with E-state index in [-0.39, 0.29) is 5.91 Å². The van der Waals surface area contributed by atoms with Crippen LogP contribution in [0, 0.1) is 6.92 Å². The lowest BCUT2D eigenvalue weighted by Gasteiger charge is -2.09. The minimum absolute atomic E-state index is 0.215. The number of hydrogen-bond donors (Lipinski definition) is 2. The number of hydrogen-bond acceptors (Lipinski definition) is 5. The average Bonchev–Trinajstić information content (AvgIpc) is 2.58. The second kappa shape index (κ2) is 9.96. The molecule has 0 unspecified atom stereocenters. The van der Waals surface area contributed by atoms with Crippen LogP contribution in [0.1, 0.15) is 28.3 Å². The Morgan fingerprint density at radius 3 is 2.84 bits per heavy atom. The molecule has 0 atom stereocenters. The Hall–Kier alpha value is -2.18. The lowest BCUT2D eigenvalue weighted by Crippen LogP contribution is -2.27. The quantitative estimate of drug-likeness (QED) is 0.671. The lowest BCUT2D eigenvalue weighted by atomic mass is 10.1. The molecule has 0 fully saturated rings. The fourth-order valence-corrected chi connectivity index (χ4v) is 2.52. The van der Waals surface area contributed by atoms with Crippen LogP contribution in [0.25, 0.3) is 0 Å². The number of halogens is 1. The van der Waals surface area contributed by atoms with Gasteiger partial charge in [0.2, 0.25) is 0 Å². The van der Waals surface area contributed by atoms with Gasteiger partial charge in [-0.1, -0.05) is 23.7 Å². The van der Waals surface area contributed by atoms with Crippen molar-refractivity contribution in [3.8, 4) is 0 Å². The molecular weight excluding hydrogens is 340 g/mol. The van der Waals surface area contributed by atoms with Crippen molar-refractivity contribution in [1.29, 1.82) is 0 Å². The zero-order valence-corrected chi connectivity index (χ0v) is 15.3. The van der Waals surface area contributed by atoms with Gasteiger partial charge in [-0.05, 0) is 37.5 Å².